The van der Waals surface area contributed by atoms with Crippen LogP contribution in [0.15, 0.2) is 30.5 Å². The Balaban J connectivity index is 1.81. The summed E-state index contributed by atoms with van der Waals surface area (Å²) in [6.07, 6.45) is 3.63. The van der Waals surface area contributed by atoms with Gasteiger partial charge in [-0.1, -0.05) is 43.7 Å². The fourth-order valence-corrected chi connectivity index (χ4v) is 3.61. The molecule has 0 radical (unpaired) electrons. The summed E-state index contributed by atoms with van der Waals surface area (Å²) in [5.41, 5.74) is 3.24. The summed E-state index contributed by atoms with van der Waals surface area (Å²) >= 11 is 0. The van der Waals surface area contributed by atoms with Crippen LogP contribution in [0.4, 0.5) is 0 Å². The Morgan fingerprint density at radius 1 is 1.26 bits per heavy atom. The number of aromatic amines is 1. The molecule has 1 aliphatic rings. The second kappa shape index (κ2) is 7.94. The van der Waals surface area contributed by atoms with Crippen LogP contribution in [0.25, 0.3) is 11.3 Å². The summed E-state index contributed by atoms with van der Waals surface area (Å²) < 4.78 is 0. The van der Waals surface area contributed by atoms with E-state index in [1.54, 1.807) is 0 Å². The minimum atomic E-state index is -0.505. The highest BCUT2D eigenvalue weighted by Gasteiger charge is 2.36. The molecule has 6 heteroatoms. The molecule has 1 saturated heterocycles. The van der Waals surface area contributed by atoms with Crippen molar-refractivity contribution in [2.75, 3.05) is 6.54 Å². The molecule has 2 aromatic rings. The van der Waals surface area contributed by atoms with Crippen molar-refractivity contribution in [2.24, 2.45) is 5.92 Å². The van der Waals surface area contributed by atoms with Crippen molar-refractivity contribution in [3.05, 3.63) is 41.9 Å². The fourth-order valence-electron chi connectivity index (χ4n) is 3.61. The average Bonchev–Trinajstić information content (AvgIpc) is 3.28. The molecule has 2 amide bonds. The maximum atomic E-state index is 13.1. The molecule has 0 spiro atoms. The van der Waals surface area contributed by atoms with Gasteiger partial charge in [-0.2, -0.15) is 0 Å². The molecule has 2 heterocycles. The topological polar surface area (TPSA) is 78.1 Å². The molecule has 2 N–H and O–H groups in total. The highest BCUT2D eigenvalue weighted by Crippen LogP contribution is 2.32. The first-order valence-electron chi connectivity index (χ1n) is 9.56. The van der Waals surface area contributed by atoms with Crippen molar-refractivity contribution < 1.29 is 9.59 Å². The van der Waals surface area contributed by atoms with E-state index >= 15 is 0 Å². The van der Waals surface area contributed by atoms with Crippen LogP contribution in [-0.2, 0) is 9.59 Å². The minimum absolute atomic E-state index is 0.0300. The molecule has 1 aromatic carbocycles. The van der Waals surface area contributed by atoms with Crippen LogP contribution >= 0.6 is 0 Å². The van der Waals surface area contributed by atoms with E-state index in [-0.39, 0.29) is 23.8 Å². The predicted octanol–water partition coefficient (Wildman–Crippen LogP) is 3.21. The molecule has 1 fully saturated rings. The summed E-state index contributed by atoms with van der Waals surface area (Å²) in [7, 11) is 0. The molecule has 6 nitrogen and oxygen atoms in total. The zero-order valence-corrected chi connectivity index (χ0v) is 16.5. The lowest BCUT2D eigenvalue weighted by Gasteiger charge is -2.30. The van der Waals surface area contributed by atoms with Crippen molar-refractivity contribution in [2.45, 2.75) is 52.6 Å². The zero-order valence-electron chi connectivity index (χ0n) is 16.5. The van der Waals surface area contributed by atoms with E-state index in [1.807, 2.05) is 24.9 Å². The second-order valence-electron chi connectivity index (χ2n) is 7.66. The number of rotatable bonds is 5. The summed E-state index contributed by atoms with van der Waals surface area (Å²) in [6.45, 7) is 8.10. The standard InChI is InChI=1S/C21H28N4O2/c1-13(2)19(23-15(4)26)21(27)25-11-5-6-18(25)20-22-12-17(24-20)16-9-7-14(3)8-10-16/h7-10,12-13,18-19H,5-6,11H2,1-4H3,(H,22,24)(H,23,26)/t18-,19-/m0/s1. The summed E-state index contributed by atoms with van der Waals surface area (Å²) in [5, 5.41) is 2.80. The van der Waals surface area contributed by atoms with Crippen LogP contribution in [0.5, 0.6) is 0 Å². The molecule has 1 aliphatic heterocycles. The molecular formula is C21H28N4O2. The Labute approximate surface area is 160 Å². The van der Waals surface area contributed by atoms with Gasteiger partial charge in [0.15, 0.2) is 0 Å². The van der Waals surface area contributed by atoms with Gasteiger partial charge in [-0.3, -0.25) is 9.59 Å². The number of amides is 2. The highest BCUT2D eigenvalue weighted by molar-refractivity contribution is 5.87. The van der Waals surface area contributed by atoms with Crippen molar-refractivity contribution in [1.82, 2.24) is 20.2 Å². The van der Waals surface area contributed by atoms with E-state index in [9.17, 15) is 9.59 Å². The van der Waals surface area contributed by atoms with Gasteiger partial charge in [0.1, 0.15) is 11.9 Å². The average molecular weight is 368 g/mol. The van der Waals surface area contributed by atoms with Crippen LogP contribution in [-0.4, -0.2) is 39.3 Å². The number of aryl methyl sites for hydroxylation is 1. The van der Waals surface area contributed by atoms with E-state index in [0.717, 1.165) is 29.9 Å². The molecule has 144 valence electrons. The number of hydrogen-bond acceptors (Lipinski definition) is 3. The number of carbonyl (C=O) groups excluding carboxylic acids is 2. The number of hydrogen-bond donors (Lipinski definition) is 2. The number of aromatic nitrogens is 2. The van der Waals surface area contributed by atoms with Gasteiger partial charge < -0.3 is 15.2 Å². The molecule has 1 aromatic heterocycles. The van der Waals surface area contributed by atoms with Crippen molar-refractivity contribution in [3.8, 4) is 11.3 Å². The number of benzene rings is 1. The normalized spacial score (nSPS) is 18.0. The van der Waals surface area contributed by atoms with Crippen LogP contribution in [0, 0.1) is 12.8 Å². The first-order chi connectivity index (χ1) is 12.9. The third-order valence-corrected chi connectivity index (χ3v) is 5.10. The van der Waals surface area contributed by atoms with Gasteiger partial charge >= 0.3 is 0 Å². The predicted molar refractivity (Wildman–Crippen MR) is 105 cm³/mol. The maximum Gasteiger partial charge on any atom is 0.246 e. The Morgan fingerprint density at radius 3 is 2.59 bits per heavy atom. The molecule has 0 aliphatic carbocycles. The Morgan fingerprint density at radius 2 is 1.96 bits per heavy atom. The number of nitrogens with zero attached hydrogens (tertiary/aromatic N) is 2. The van der Waals surface area contributed by atoms with Gasteiger partial charge in [-0.25, -0.2) is 4.98 Å². The third-order valence-electron chi connectivity index (χ3n) is 5.10. The lowest BCUT2D eigenvalue weighted by molar-refractivity contribution is -0.138. The summed E-state index contributed by atoms with van der Waals surface area (Å²) in [6, 6.07) is 7.69. The summed E-state index contributed by atoms with van der Waals surface area (Å²) in [5.74, 6) is 0.623. The molecule has 2 atom stereocenters. The number of likely N-dealkylation sites (tertiary alicyclic amines) is 1. The Hall–Kier alpha value is -2.63. The van der Waals surface area contributed by atoms with Crippen LogP contribution in [0.2, 0.25) is 0 Å². The molecule has 3 rings (SSSR count). The number of carbonyl (C=O) groups is 2. The molecule has 0 bridgehead atoms. The van der Waals surface area contributed by atoms with Crippen molar-refractivity contribution in [3.63, 3.8) is 0 Å². The first kappa shape index (κ1) is 19.1. The fraction of sp³-hybridized carbons (Fsp3) is 0.476. The third kappa shape index (κ3) is 4.21. The highest BCUT2D eigenvalue weighted by atomic mass is 16.2. The molecule has 0 unspecified atom stereocenters. The first-order valence-corrected chi connectivity index (χ1v) is 9.56. The van der Waals surface area contributed by atoms with Crippen molar-refractivity contribution in [1.29, 1.82) is 0 Å². The molecular weight excluding hydrogens is 340 g/mol. The molecule has 0 saturated carbocycles. The van der Waals surface area contributed by atoms with Gasteiger partial charge in [-0.05, 0) is 31.2 Å². The smallest absolute Gasteiger partial charge is 0.246 e. The van der Waals surface area contributed by atoms with E-state index in [4.69, 9.17) is 0 Å². The van der Waals surface area contributed by atoms with Crippen molar-refractivity contribution >= 4 is 11.8 Å². The SMILES string of the molecule is CC(=O)N[C@H](C(=O)N1CCC[C@H]1c1ncc(-c2ccc(C)cc2)[nH]1)C(C)C. The Kier molecular flexibility index (Phi) is 5.63. The summed E-state index contributed by atoms with van der Waals surface area (Å²) in [4.78, 5) is 34.4. The Bertz CT molecular complexity index is 810. The number of imidazole rings is 1. The zero-order chi connectivity index (χ0) is 19.6. The van der Waals surface area contributed by atoms with Crippen LogP contribution < -0.4 is 5.32 Å². The number of H-pyrrole nitrogens is 1. The van der Waals surface area contributed by atoms with Crippen LogP contribution in [0.1, 0.15) is 51.0 Å². The van der Waals surface area contributed by atoms with Gasteiger partial charge in [0.05, 0.1) is 17.9 Å². The number of nitrogens with one attached hydrogen (secondary N) is 2. The quantitative estimate of drug-likeness (QED) is 0.851. The lowest BCUT2D eigenvalue weighted by atomic mass is 10.0. The van der Waals surface area contributed by atoms with E-state index in [0.29, 0.717) is 6.54 Å². The van der Waals surface area contributed by atoms with Gasteiger partial charge in [0, 0.05) is 13.5 Å². The van der Waals surface area contributed by atoms with Crippen LogP contribution in [0.3, 0.4) is 0 Å². The van der Waals surface area contributed by atoms with Gasteiger partial charge in [-0.15, -0.1) is 0 Å². The minimum Gasteiger partial charge on any atom is -0.344 e. The molecule has 27 heavy (non-hydrogen) atoms. The van der Waals surface area contributed by atoms with E-state index in [2.05, 4.69) is 46.5 Å². The van der Waals surface area contributed by atoms with Gasteiger partial charge in [0.25, 0.3) is 0 Å². The van der Waals surface area contributed by atoms with Gasteiger partial charge in [0.2, 0.25) is 11.8 Å². The maximum absolute atomic E-state index is 13.1. The van der Waals surface area contributed by atoms with E-state index < -0.39 is 6.04 Å². The lowest BCUT2D eigenvalue weighted by Crippen LogP contribution is -2.50. The largest absolute Gasteiger partial charge is 0.344 e. The monoisotopic (exact) mass is 368 g/mol. The second-order valence-corrected chi connectivity index (χ2v) is 7.66. The van der Waals surface area contributed by atoms with E-state index in [1.165, 1.54) is 12.5 Å².